The zero-order valence-electron chi connectivity index (χ0n) is 19.5. The Bertz CT molecular complexity index is 1340. The standard InChI is InChI=1S/C25H27N5O4S/c1-25(21-10-9-18-6-4-7-19(18)15-21)23(31)30(24(32)27-25)17-28-11-13-29(14-12-28)35(33,34)22-8-3-2-5-20(22)16-26/h2-3,5,8-10,15H,4,6-7,11-14,17H2,1H3,(H,27,32)/t25-/m0/s1. The lowest BCUT2D eigenvalue weighted by atomic mass is 9.90. The van der Waals surface area contributed by atoms with Crippen LogP contribution in [0.1, 0.15) is 35.6 Å². The number of carbonyl (C=O) groups is 2. The Hall–Kier alpha value is -3.26. The normalized spacial score (nSPS) is 23.3. The van der Waals surface area contributed by atoms with Crippen LogP contribution < -0.4 is 5.32 Å². The van der Waals surface area contributed by atoms with Gasteiger partial charge in [0, 0.05) is 26.2 Å². The molecule has 182 valence electrons. The Morgan fingerprint density at radius 3 is 2.49 bits per heavy atom. The molecule has 0 saturated carbocycles. The highest BCUT2D eigenvalue weighted by Gasteiger charge is 2.49. The monoisotopic (exact) mass is 493 g/mol. The van der Waals surface area contributed by atoms with Gasteiger partial charge >= 0.3 is 6.03 Å². The molecule has 10 heteroatoms. The molecule has 1 aliphatic carbocycles. The summed E-state index contributed by atoms with van der Waals surface area (Å²) in [6.45, 7) is 2.96. The number of nitrogens with zero attached hydrogens (tertiary/aromatic N) is 4. The van der Waals surface area contributed by atoms with Crippen molar-refractivity contribution in [2.45, 2.75) is 36.6 Å². The molecule has 5 rings (SSSR count). The van der Waals surface area contributed by atoms with Crippen LogP contribution >= 0.6 is 0 Å². The summed E-state index contributed by atoms with van der Waals surface area (Å²) in [5, 5.41) is 12.2. The van der Waals surface area contributed by atoms with Gasteiger partial charge in [-0.05, 0) is 55.0 Å². The predicted octanol–water partition coefficient (Wildman–Crippen LogP) is 1.78. The van der Waals surface area contributed by atoms with E-state index in [-0.39, 0.29) is 36.1 Å². The van der Waals surface area contributed by atoms with Crippen LogP contribution in [0.15, 0.2) is 47.4 Å². The molecule has 0 aromatic heterocycles. The summed E-state index contributed by atoms with van der Waals surface area (Å²) in [7, 11) is -3.81. The quantitative estimate of drug-likeness (QED) is 0.635. The largest absolute Gasteiger partial charge is 0.326 e. The molecule has 0 unspecified atom stereocenters. The highest BCUT2D eigenvalue weighted by atomic mass is 32.2. The van der Waals surface area contributed by atoms with Crippen LogP contribution in [0.2, 0.25) is 0 Å². The molecule has 0 radical (unpaired) electrons. The van der Waals surface area contributed by atoms with Crippen LogP contribution in [0.25, 0.3) is 0 Å². The number of benzene rings is 2. The third-order valence-corrected chi connectivity index (χ3v) is 9.21. The van der Waals surface area contributed by atoms with E-state index in [1.807, 2.05) is 23.1 Å². The second-order valence-corrected chi connectivity index (χ2v) is 11.3. The summed E-state index contributed by atoms with van der Waals surface area (Å²) >= 11 is 0. The van der Waals surface area contributed by atoms with Crippen LogP contribution in [-0.4, -0.2) is 67.3 Å². The summed E-state index contributed by atoms with van der Waals surface area (Å²) in [4.78, 5) is 29.3. The Morgan fingerprint density at radius 1 is 1.03 bits per heavy atom. The van der Waals surface area contributed by atoms with Gasteiger partial charge in [0.25, 0.3) is 5.91 Å². The summed E-state index contributed by atoms with van der Waals surface area (Å²) in [6, 6.07) is 13.6. The van der Waals surface area contributed by atoms with Crippen LogP contribution in [0.5, 0.6) is 0 Å². The van der Waals surface area contributed by atoms with Gasteiger partial charge in [0.15, 0.2) is 0 Å². The number of nitrogens with one attached hydrogen (secondary N) is 1. The van der Waals surface area contributed by atoms with Crippen molar-refractivity contribution in [3.63, 3.8) is 0 Å². The number of hydrogen-bond acceptors (Lipinski definition) is 6. The van der Waals surface area contributed by atoms with Crippen molar-refractivity contribution in [2.75, 3.05) is 32.8 Å². The average Bonchev–Trinajstić information content (AvgIpc) is 3.42. The van der Waals surface area contributed by atoms with Crippen LogP contribution in [0.3, 0.4) is 0 Å². The molecule has 2 saturated heterocycles. The first-order chi connectivity index (χ1) is 16.7. The number of hydrogen-bond donors (Lipinski definition) is 1. The van der Waals surface area contributed by atoms with Crippen molar-refractivity contribution >= 4 is 22.0 Å². The fourth-order valence-electron chi connectivity index (χ4n) is 5.14. The molecule has 1 N–H and O–H groups in total. The summed E-state index contributed by atoms with van der Waals surface area (Å²) in [6.07, 6.45) is 3.13. The SMILES string of the molecule is C[C@@]1(c2ccc3c(c2)CCC3)NC(=O)N(CN2CCN(S(=O)(=O)c3ccccc3C#N)CC2)C1=O. The lowest BCUT2D eigenvalue weighted by molar-refractivity contribution is -0.132. The molecule has 0 spiro atoms. The van der Waals surface area contributed by atoms with Gasteiger partial charge in [-0.15, -0.1) is 0 Å². The molecule has 2 aromatic carbocycles. The molecule has 0 bridgehead atoms. The highest BCUT2D eigenvalue weighted by Crippen LogP contribution is 2.33. The van der Waals surface area contributed by atoms with Crippen molar-refractivity contribution in [2.24, 2.45) is 0 Å². The third-order valence-electron chi connectivity index (χ3n) is 7.25. The predicted molar refractivity (Wildman–Crippen MR) is 128 cm³/mol. The number of sulfonamides is 1. The van der Waals surface area contributed by atoms with Gasteiger partial charge in [0.2, 0.25) is 10.0 Å². The summed E-state index contributed by atoms with van der Waals surface area (Å²) < 4.78 is 27.5. The molecule has 3 amide bonds. The van der Waals surface area contributed by atoms with E-state index in [0.717, 1.165) is 24.8 Å². The van der Waals surface area contributed by atoms with Crippen LogP contribution in [-0.2, 0) is 33.2 Å². The summed E-state index contributed by atoms with van der Waals surface area (Å²) in [5.74, 6) is -0.307. The van der Waals surface area contributed by atoms with Gasteiger partial charge in [-0.1, -0.05) is 30.3 Å². The molecular weight excluding hydrogens is 466 g/mol. The molecular formula is C25H27N5O4S. The molecule has 3 aliphatic rings. The minimum Gasteiger partial charge on any atom is -0.319 e. The topological polar surface area (TPSA) is 114 Å². The molecule has 9 nitrogen and oxygen atoms in total. The van der Waals surface area contributed by atoms with Gasteiger partial charge in [0.05, 0.1) is 17.1 Å². The number of carbonyl (C=O) groups excluding carboxylic acids is 2. The number of aryl methyl sites for hydroxylation is 2. The Morgan fingerprint density at radius 2 is 1.74 bits per heavy atom. The molecule has 2 fully saturated rings. The van der Waals surface area contributed by atoms with Crippen LogP contribution in [0, 0.1) is 11.3 Å². The third kappa shape index (κ3) is 3.99. The van der Waals surface area contributed by atoms with E-state index in [0.29, 0.717) is 13.1 Å². The van der Waals surface area contributed by atoms with Gasteiger partial charge in [-0.3, -0.25) is 9.69 Å². The number of fused-ring (bicyclic) bond motifs is 1. The van der Waals surface area contributed by atoms with Crippen molar-refractivity contribution in [3.05, 3.63) is 64.7 Å². The van der Waals surface area contributed by atoms with E-state index in [1.165, 1.54) is 32.5 Å². The second-order valence-electron chi connectivity index (χ2n) is 9.40. The second kappa shape index (κ2) is 8.75. The fraction of sp³-hybridized carbons (Fsp3) is 0.400. The van der Waals surface area contributed by atoms with Crippen molar-refractivity contribution < 1.29 is 18.0 Å². The first-order valence-electron chi connectivity index (χ1n) is 11.7. The number of imide groups is 1. The molecule has 2 aliphatic heterocycles. The van der Waals surface area contributed by atoms with E-state index in [9.17, 15) is 23.3 Å². The van der Waals surface area contributed by atoms with E-state index in [4.69, 9.17) is 0 Å². The van der Waals surface area contributed by atoms with Gasteiger partial charge in [-0.2, -0.15) is 9.57 Å². The zero-order chi connectivity index (χ0) is 24.8. The number of urea groups is 1. The smallest absolute Gasteiger partial charge is 0.319 e. The molecule has 35 heavy (non-hydrogen) atoms. The highest BCUT2D eigenvalue weighted by molar-refractivity contribution is 7.89. The maximum absolute atomic E-state index is 13.4. The van der Waals surface area contributed by atoms with E-state index < -0.39 is 21.6 Å². The van der Waals surface area contributed by atoms with Gasteiger partial charge < -0.3 is 5.32 Å². The van der Waals surface area contributed by atoms with E-state index >= 15 is 0 Å². The molecule has 1 atom stereocenters. The van der Waals surface area contributed by atoms with Gasteiger partial charge in [-0.25, -0.2) is 18.1 Å². The number of piperazine rings is 1. The number of amides is 3. The maximum atomic E-state index is 13.4. The van der Waals surface area contributed by atoms with Crippen molar-refractivity contribution in [3.8, 4) is 6.07 Å². The maximum Gasteiger partial charge on any atom is 0.326 e. The minimum atomic E-state index is -3.81. The molecule has 2 aromatic rings. The van der Waals surface area contributed by atoms with Crippen LogP contribution in [0.4, 0.5) is 4.79 Å². The number of rotatable bonds is 5. The lowest BCUT2D eigenvalue weighted by Crippen LogP contribution is -2.52. The van der Waals surface area contributed by atoms with Gasteiger partial charge in [0.1, 0.15) is 11.6 Å². The Labute approximate surface area is 205 Å². The first kappa shape index (κ1) is 23.5. The lowest BCUT2D eigenvalue weighted by Gasteiger charge is -2.35. The van der Waals surface area contributed by atoms with E-state index in [2.05, 4.69) is 11.4 Å². The molecule has 2 heterocycles. The summed E-state index contributed by atoms with van der Waals surface area (Å²) in [5.41, 5.74) is 2.31. The number of nitriles is 1. The minimum absolute atomic E-state index is 0.00448. The van der Waals surface area contributed by atoms with Crippen molar-refractivity contribution in [1.29, 1.82) is 5.26 Å². The van der Waals surface area contributed by atoms with E-state index in [1.54, 1.807) is 19.1 Å². The Kier molecular flexibility index (Phi) is 5.87. The Balaban J connectivity index is 1.26. The van der Waals surface area contributed by atoms with Crippen molar-refractivity contribution in [1.82, 2.24) is 19.4 Å². The average molecular weight is 494 g/mol. The zero-order valence-corrected chi connectivity index (χ0v) is 20.3. The fourth-order valence-corrected chi connectivity index (χ4v) is 6.70. The first-order valence-corrected chi connectivity index (χ1v) is 13.2.